The van der Waals surface area contributed by atoms with Gasteiger partial charge >= 0.3 is 0 Å². The summed E-state index contributed by atoms with van der Waals surface area (Å²) in [5, 5.41) is 13.0. The Labute approximate surface area is 123 Å². The predicted molar refractivity (Wildman–Crippen MR) is 80.6 cm³/mol. The Kier molecular flexibility index (Phi) is 9.46. The molecular formula is C13H21BrClNO2. The zero-order valence-electron chi connectivity index (χ0n) is 10.7. The number of rotatable bonds is 7. The van der Waals surface area contributed by atoms with Gasteiger partial charge in [-0.15, -0.1) is 12.4 Å². The number of halogens is 2. The third kappa shape index (κ3) is 7.21. The molecule has 1 aromatic rings. The lowest BCUT2D eigenvalue weighted by Crippen LogP contribution is -2.36. The second kappa shape index (κ2) is 9.62. The average molecular weight is 339 g/mol. The van der Waals surface area contributed by atoms with Gasteiger partial charge in [0.15, 0.2) is 0 Å². The summed E-state index contributed by atoms with van der Waals surface area (Å²) in [6.45, 7) is 5.08. The fraction of sp³-hybridized carbons (Fsp3) is 0.538. The fourth-order valence-electron chi connectivity index (χ4n) is 1.26. The molecule has 1 aromatic carbocycles. The summed E-state index contributed by atoms with van der Waals surface area (Å²) in [4.78, 5) is 0. The van der Waals surface area contributed by atoms with Gasteiger partial charge in [0.2, 0.25) is 0 Å². The van der Waals surface area contributed by atoms with Crippen LogP contribution < -0.4 is 10.1 Å². The van der Waals surface area contributed by atoms with Crippen LogP contribution in [-0.2, 0) is 0 Å². The van der Waals surface area contributed by atoms with Crippen LogP contribution in [0.1, 0.15) is 20.3 Å². The molecule has 0 spiro atoms. The molecule has 0 aliphatic carbocycles. The first-order valence-electron chi connectivity index (χ1n) is 5.91. The van der Waals surface area contributed by atoms with E-state index >= 15 is 0 Å². The molecule has 18 heavy (non-hydrogen) atoms. The van der Waals surface area contributed by atoms with Crippen LogP contribution in [0.2, 0.25) is 0 Å². The summed E-state index contributed by atoms with van der Waals surface area (Å²) in [7, 11) is 0. The van der Waals surface area contributed by atoms with Crippen LogP contribution in [0.15, 0.2) is 28.7 Å². The van der Waals surface area contributed by atoms with E-state index in [9.17, 15) is 5.11 Å². The summed E-state index contributed by atoms with van der Waals surface area (Å²) in [5.74, 6) is 0.774. The fourth-order valence-corrected chi connectivity index (χ4v) is 1.53. The van der Waals surface area contributed by atoms with E-state index in [4.69, 9.17) is 4.74 Å². The Morgan fingerprint density at radius 2 is 1.94 bits per heavy atom. The van der Waals surface area contributed by atoms with Gasteiger partial charge in [0, 0.05) is 17.1 Å². The number of aliphatic hydroxyl groups is 1. The first-order valence-corrected chi connectivity index (χ1v) is 6.71. The highest BCUT2D eigenvalue weighted by Gasteiger charge is 2.06. The normalized spacial score (nSPS) is 13.6. The number of hydrogen-bond acceptors (Lipinski definition) is 3. The quantitative estimate of drug-likeness (QED) is 0.803. The summed E-state index contributed by atoms with van der Waals surface area (Å²) in [6, 6.07) is 8.01. The molecule has 5 heteroatoms. The standard InChI is InChI=1S/C13H20BrNO2.ClH/c1-3-10(2)15-8-12(16)9-17-13-6-4-11(14)5-7-13;/h4-7,10,12,15-16H,3,8-9H2,1-2H3;1H. The predicted octanol–water partition coefficient (Wildman–Crippen LogP) is 3.00. The second-order valence-electron chi connectivity index (χ2n) is 4.14. The molecular weight excluding hydrogens is 318 g/mol. The average Bonchev–Trinajstić information content (AvgIpc) is 2.35. The maximum atomic E-state index is 9.71. The zero-order valence-corrected chi connectivity index (χ0v) is 13.1. The van der Waals surface area contributed by atoms with Crippen molar-refractivity contribution in [3.8, 4) is 5.75 Å². The van der Waals surface area contributed by atoms with Crippen LogP contribution >= 0.6 is 28.3 Å². The van der Waals surface area contributed by atoms with Gasteiger partial charge in [-0.3, -0.25) is 0 Å². The molecule has 0 fully saturated rings. The van der Waals surface area contributed by atoms with Crippen molar-refractivity contribution in [1.29, 1.82) is 0 Å². The highest BCUT2D eigenvalue weighted by molar-refractivity contribution is 9.10. The van der Waals surface area contributed by atoms with Crippen molar-refractivity contribution in [3.05, 3.63) is 28.7 Å². The third-order valence-corrected chi connectivity index (χ3v) is 3.10. The van der Waals surface area contributed by atoms with E-state index in [1.165, 1.54) is 0 Å². The number of benzene rings is 1. The van der Waals surface area contributed by atoms with E-state index < -0.39 is 6.10 Å². The molecule has 3 nitrogen and oxygen atoms in total. The van der Waals surface area contributed by atoms with Crippen molar-refractivity contribution in [2.45, 2.75) is 32.4 Å². The van der Waals surface area contributed by atoms with Crippen LogP contribution in [0.5, 0.6) is 5.75 Å². The summed E-state index contributed by atoms with van der Waals surface area (Å²) in [5.41, 5.74) is 0. The second-order valence-corrected chi connectivity index (χ2v) is 5.05. The Morgan fingerprint density at radius 3 is 2.50 bits per heavy atom. The molecule has 2 N–H and O–H groups in total. The van der Waals surface area contributed by atoms with Gasteiger partial charge < -0.3 is 15.2 Å². The van der Waals surface area contributed by atoms with Gasteiger partial charge in [-0.2, -0.15) is 0 Å². The van der Waals surface area contributed by atoms with E-state index in [-0.39, 0.29) is 12.4 Å². The Balaban J connectivity index is 0.00000289. The molecule has 0 aliphatic heterocycles. The highest BCUT2D eigenvalue weighted by Crippen LogP contribution is 2.16. The van der Waals surface area contributed by atoms with Crippen molar-refractivity contribution in [3.63, 3.8) is 0 Å². The zero-order chi connectivity index (χ0) is 12.7. The van der Waals surface area contributed by atoms with Crippen LogP contribution in [0.3, 0.4) is 0 Å². The minimum absolute atomic E-state index is 0. The third-order valence-electron chi connectivity index (χ3n) is 2.57. The molecule has 2 unspecified atom stereocenters. The molecule has 0 radical (unpaired) electrons. The van der Waals surface area contributed by atoms with Crippen LogP contribution in [0.4, 0.5) is 0 Å². The Morgan fingerprint density at radius 1 is 1.33 bits per heavy atom. The molecule has 0 aromatic heterocycles. The number of aliphatic hydroxyl groups excluding tert-OH is 1. The van der Waals surface area contributed by atoms with Crippen molar-refractivity contribution in [2.24, 2.45) is 0 Å². The van der Waals surface area contributed by atoms with Gasteiger partial charge in [0.1, 0.15) is 18.5 Å². The largest absolute Gasteiger partial charge is 0.491 e. The van der Waals surface area contributed by atoms with E-state index in [1.54, 1.807) is 0 Å². The minimum Gasteiger partial charge on any atom is -0.491 e. The molecule has 1 rings (SSSR count). The van der Waals surface area contributed by atoms with E-state index in [1.807, 2.05) is 24.3 Å². The van der Waals surface area contributed by atoms with Gasteiger partial charge in [-0.1, -0.05) is 22.9 Å². The smallest absolute Gasteiger partial charge is 0.119 e. The monoisotopic (exact) mass is 337 g/mol. The first-order chi connectivity index (χ1) is 8.11. The topological polar surface area (TPSA) is 41.5 Å². The number of hydrogen-bond donors (Lipinski definition) is 2. The lowest BCUT2D eigenvalue weighted by molar-refractivity contribution is 0.104. The molecule has 0 saturated carbocycles. The Hall–Kier alpha value is -0.290. The van der Waals surface area contributed by atoms with Crippen LogP contribution in [0.25, 0.3) is 0 Å². The van der Waals surface area contributed by atoms with Crippen LogP contribution in [-0.4, -0.2) is 30.4 Å². The van der Waals surface area contributed by atoms with Crippen molar-refractivity contribution in [2.75, 3.05) is 13.2 Å². The molecule has 0 bridgehead atoms. The number of ether oxygens (including phenoxy) is 1. The lowest BCUT2D eigenvalue weighted by atomic mass is 10.2. The molecule has 104 valence electrons. The van der Waals surface area contributed by atoms with Gasteiger partial charge in [0.25, 0.3) is 0 Å². The maximum Gasteiger partial charge on any atom is 0.119 e. The van der Waals surface area contributed by atoms with E-state index in [0.717, 1.165) is 16.6 Å². The summed E-state index contributed by atoms with van der Waals surface area (Å²) >= 11 is 3.36. The Bertz CT molecular complexity index is 321. The lowest BCUT2D eigenvalue weighted by Gasteiger charge is -2.16. The van der Waals surface area contributed by atoms with Crippen LogP contribution in [0, 0.1) is 0 Å². The summed E-state index contributed by atoms with van der Waals surface area (Å²) < 4.78 is 6.50. The first kappa shape index (κ1) is 17.7. The van der Waals surface area contributed by atoms with Crippen molar-refractivity contribution >= 4 is 28.3 Å². The van der Waals surface area contributed by atoms with Gasteiger partial charge in [0.05, 0.1) is 0 Å². The SMILES string of the molecule is CCC(C)NCC(O)COc1ccc(Br)cc1.Cl. The van der Waals surface area contributed by atoms with Crippen molar-refractivity contribution in [1.82, 2.24) is 5.32 Å². The molecule has 0 saturated heterocycles. The van der Waals surface area contributed by atoms with Gasteiger partial charge in [-0.25, -0.2) is 0 Å². The molecule has 2 atom stereocenters. The number of nitrogens with one attached hydrogen (secondary N) is 1. The van der Waals surface area contributed by atoms with Crippen molar-refractivity contribution < 1.29 is 9.84 Å². The van der Waals surface area contributed by atoms with E-state index in [0.29, 0.717) is 19.2 Å². The maximum absolute atomic E-state index is 9.71. The molecule has 0 aliphatic rings. The molecule has 0 heterocycles. The summed E-state index contributed by atoms with van der Waals surface area (Å²) in [6.07, 6.45) is 0.577. The minimum atomic E-state index is -0.479. The van der Waals surface area contributed by atoms with E-state index in [2.05, 4.69) is 35.1 Å². The van der Waals surface area contributed by atoms with Gasteiger partial charge in [-0.05, 0) is 37.6 Å². The highest BCUT2D eigenvalue weighted by atomic mass is 79.9. The molecule has 0 amide bonds.